The number of amides is 1. The Labute approximate surface area is 152 Å². The van der Waals surface area contributed by atoms with E-state index in [4.69, 9.17) is 0 Å². The van der Waals surface area contributed by atoms with Crippen molar-refractivity contribution < 1.29 is 4.79 Å². The highest BCUT2D eigenvalue weighted by atomic mass is 16.2. The summed E-state index contributed by atoms with van der Waals surface area (Å²) >= 11 is 0. The van der Waals surface area contributed by atoms with Crippen molar-refractivity contribution in [1.29, 1.82) is 0 Å². The van der Waals surface area contributed by atoms with Crippen LogP contribution in [0.1, 0.15) is 56.7 Å². The monoisotopic (exact) mass is 343 g/mol. The Morgan fingerprint density at radius 1 is 1.24 bits per heavy atom. The zero-order chi connectivity index (χ0) is 17.6. The number of hydrogen-bond donors (Lipinski definition) is 1. The number of fused-ring (bicyclic) bond motifs is 1. The van der Waals surface area contributed by atoms with Gasteiger partial charge in [-0.2, -0.15) is 0 Å². The van der Waals surface area contributed by atoms with E-state index in [2.05, 4.69) is 41.4 Å². The molecule has 0 saturated carbocycles. The minimum atomic E-state index is 0.176. The Kier molecular flexibility index (Phi) is 6.49. The van der Waals surface area contributed by atoms with Crippen LogP contribution in [0.4, 0.5) is 0 Å². The average Bonchev–Trinajstić information content (AvgIpc) is 2.79. The Balaban J connectivity index is 1.52. The first kappa shape index (κ1) is 18.4. The van der Waals surface area contributed by atoms with Crippen LogP contribution in [-0.4, -0.2) is 48.4 Å². The molecule has 0 aromatic heterocycles. The molecule has 4 nitrogen and oxygen atoms in total. The highest BCUT2D eigenvalue weighted by molar-refractivity contribution is 5.73. The normalized spacial score (nSPS) is 24.6. The van der Waals surface area contributed by atoms with Crippen LogP contribution in [-0.2, 0) is 11.3 Å². The largest absolute Gasteiger partial charge is 0.339 e. The summed E-state index contributed by atoms with van der Waals surface area (Å²) in [5, 5.41) is 3.76. The van der Waals surface area contributed by atoms with Gasteiger partial charge in [-0.3, -0.25) is 4.79 Å². The fourth-order valence-electron chi connectivity index (χ4n) is 4.29. The van der Waals surface area contributed by atoms with Crippen molar-refractivity contribution >= 4 is 5.91 Å². The molecule has 2 aliphatic rings. The molecule has 0 radical (unpaired) electrons. The van der Waals surface area contributed by atoms with E-state index < -0.39 is 0 Å². The lowest BCUT2D eigenvalue weighted by atomic mass is 9.99. The Hall–Kier alpha value is -1.39. The van der Waals surface area contributed by atoms with Gasteiger partial charge in [0.25, 0.3) is 0 Å². The number of piperidine rings is 1. The van der Waals surface area contributed by atoms with Gasteiger partial charge in [-0.15, -0.1) is 0 Å². The zero-order valence-corrected chi connectivity index (χ0v) is 15.8. The third-order valence-corrected chi connectivity index (χ3v) is 5.71. The highest BCUT2D eigenvalue weighted by Gasteiger charge is 2.23. The maximum Gasteiger partial charge on any atom is 0.219 e. The molecule has 3 rings (SSSR count). The molecule has 0 unspecified atom stereocenters. The van der Waals surface area contributed by atoms with Crippen molar-refractivity contribution in [1.82, 2.24) is 15.1 Å². The van der Waals surface area contributed by atoms with Gasteiger partial charge >= 0.3 is 0 Å². The molecule has 1 fully saturated rings. The second-order valence-corrected chi connectivity index (χ2v) is 7.84. The van der Waals surface area contributed by atoms with E-state index in [-0.39, 0.29) is 5.91 Å². The molecule has 2 heterocycles. The molecule has 25 heavy (non-hydrogen) atoms. The van der Waals surface area contributed by atoms with Gasteiger partial charge in [-0.1, -0.05) is 31.2 Å². The van der Waals surface area contributed by atoms with Gasteiger partial charge < -0.3 is 15.1 Å². The van der Waals surface area contributed by atoms with Crippen molar-refractivity contribution in [3.05, 3.63) is 35.4 Å². The minimum Gasteiger partial charge on any atom is -0.339 e. The topological polar surface area (TPSA) is 35.6 Å². The number of hydrogen-bond acceptors (Lipinski definition) is 3. The molecule has 2 aliphatic heterocycles. The lowest BCUT2D eigenvalue weighted by Gasteiger charge is -2.31. The summed E-state index contributed by atoms with van der Waals surface area (Å²) in [4.78, 5) is 16.4. The van der Waals surface area contributed by atoms with Gasteiger partial charge in [-0.05, 0) is 62.4 Å². The quantitative estimate of drug-likeness (QED) is 0.834. The van der Waals surface area contributed by atoms with Crippen molar-refractivity contribution in [2.75, 3.05) is 32.7 Å². The van der Waals surface area contributed by atoms with Crippen LogP contribution in [0.15, 0.2) is 24.3 Å². The summed E-state index contributed by atoms with van der Waals surface area (Å²) in [5.74, 6) is 1.03. The molecule has 138 valence electrons. The van der Waals surface area contributed by atoms with Crippen LogP contribution in [0.3, 0.4) is 0 Å². The standard InChI is InChI=1S/C21H33N3O/c1-17-7-5-12-23(15-17)13-6-11-22-21-10-14-24(18(2)25)16-19-8-3-4-9-20(19)21/h3-4,8-9,17,21-22H,5-7,10-16H2,1-2H3/t17-,21+/m0/s1. The van der Waals surface area contributed by atoms with E-state index >= 15 is 0 Å². The van der Waals surface area contributed by atoms with Crippen molar-refractivity contribution in [3.63, 3.8) is 0 Å². The number of carbonyl (C=O) groups is 1. The molecule has 4 heteroatoms. The number of rotatable bonds is 5. The van der Waals surface area contributed by atoms with Gasteiger partial charge in [0.2, 0.25) is 5.91 Å². The average molecular weight is 344 g/mol. The van der Waals surface area contributed by atoms with Gasteiger partial charge in [-0.25, -0.2) is 0 Å². The number of benzene rings is 1. The number of likely N-dealkylation sites (tertiary alicyclic amines) is 1. The number of nitrogens with zero attached hydrogens (tertiary/aromatic N) is 2. The first-order valence-corrected chi connectivity index (χ1v) is 9.92. The zero-order valence-electron chi connectivity index (χ0n) is 15.8. The van der Waals surface area contributed by atoms with Crippen LogP contribution in [0.5, 0.6) is 0 Å². The van der Waals surface area contributed by atoms with E-state index in [0.717, 1.165) is 32.0 Å². The van der Waals surface area contributed by atoms with E-state index in [1.165, 1.54) is 50.0 Å². The van der Waals surface area contributed by atoms with E-state index in [1.54, 1.807) is 6.92 Å². The molecular weight excluding hydrogens is 310 g/mol. The predicted octanol–water partition coefficient (Wildman–Crippen LogP) is 3.19. The first-order valence-electron chi connectivity index (χ1n) is 9.92. The molecule has 0 bridgehead atoms. The minimum absolute atomic E-state index is 0.176. The van der Waals surface area contributed by atoms with Gasteiger partial charge in [0.05, 0.1) is 0 Å². The van der Waals surface area contributed by atoms with E-state index in [1.807, 2.05) is 4.90 Å². The first-order chi connectivity index (χ1) is 12.1. The maximum atomic E-state index is 11.8. The predicted molar refractivity (Wildman–Crippen MR) is 102 cm³/mol. The van der Waals surface area contributed by atoms with Gasteiger partial charge in [0.1, 0.15) is 0 Å². The molecule has 1 aromatic rings. The lowest BCUT2D eigenvalue weighted by molar-refractivity contribution is -0.129. The molecule has 1 N–H and O–H groups in total. The Bertz CT molecular complexity index is 574. The van der Waals surface area contributed by atoms with Crippen LogP contribution >= 0.6 is 0 Å². The SMILES string of the molecule is CC(=O)N1CC[C@@H](NCCCN2CCC[C@H](C)C2)c2ccccc2C1. The lowest BCUT2D eigenvalue weighted by Crippen LogP contribution is -2.36. The summed E-state index contributed by atoms with van der Waals surface area (Å²) in [6, 6.07) is 8.95. The smallest absolute Gasteiger partial charge is 0.219 e. The van der Waals surface area contributed by atoms with Crippen LogP contribution in [0.25, 0.3) is 0 Å². The molecule has 0 spiro atoms. The fourth-order valence-corrected chi connectivity index (χ4v) is 4.29. The molecular formula is C21H33N3O. The third-order valence-electron chi connectivity index (χ3n) is 5.71. The number of nitrogens with one attached hydrogen (secondary N) is 1. The molecule has 1 amide bonds. The van der Waals surface area contributed by atoms with E-state index in [9.17, 15) is 4.79 Å². The molecule has 2 atom stereocenters. The Morgan fingerprint density at radius 2 is 2.08 bits per heavy atom. The summed E-state index contributed by atoms with van der Waals surface area (Å²) in [6.45, 7) is 10.4. The fraction of sp³-hybridized carbons (Fsp3) is 0.667. The summed E-state index contributed by atoms with van der Waals surface area (Å²) in [7, 11) is 0. The highest BCUT2D eigenvalue weighted by Crippen LogP contribution is 2.26. The van der Waals surface area contributed by atoms with E-state index in [0.29, 0.717) is 6.04 Å². The van der Waals surface area contributed by atoms with Gasteiger partial charge in [0.15, 0.2) is 0 Å². The second-order valence-electron chi connectivity index (χ2n) is 7.84. The molecule has 1 saturated heterocycles. The third kappa shape index (κ3) is 5.05. The summed E-state index contributed by atoms with van der Waals surface area (Å²) in [6.07, 6.45) is 4.94. The summed E-state index contributed by atoms with van der Waals surface area (Å²) in [5.41, 5.74) is 2.66. The van der Waals surface area contributed by atoms with Crippen LogP contribution in [0, 0.1) is 5.92 Å². The van der Waals surface area contributed by atoms with Gasteiger partial charge in [0, 0.05) is 32.6 Å². The van der Waals surface area contributed by atoms with Crippen LogP contribution < -0.4 is 5.32 Å². The van der Waals surface area contributed by atoms with Crippen molar-refractivity contribution in [2.24, 2.45) is 5.92 Å². The number of carbonyl (C=O) groups excluding carboxylic acids is 1. The van der Waals surface area contributed by atoms with Crippen molar-refractivity contribution in [3.8, 4) is 0 Å². The molecule has 1 aromatic carbocycles. The van der Waals surface area contributed by atoms with Crippen LogP contribution in [0.2, 0.25) is 0 Å². The Morgan fingerprint density at radius 3 is 2.88 bits per heavy atom. The summed E-state index contributed by atoms with van der Waals surface area (Å²) < 4.78 is 0. The van der Waals surface area contributed by atoms with Crippen molar-refractivity contribution in [2.45, 2.75) is 52.1 Å². The molecule has 0 aliphatic carbocycles. The maximum absolute atomic E-state index is 11.8. The second kappa shape index (κ2) is 8.81.